The van der Waals surface area contributed by atoms with E-state index in [-0.39, 0.29) is 24.3 Å². The summed E-state index contributed by atoms with van der Waals surface area (Å²) in [6.45, 7) is 6.37. The van der Waals surface area contributed by atoms with E-state index >= 15 is 8.78 Å². The van der Waals surface area contributed by atoms with Crippen LogP contribution in [0, 0.1) is 10.1 Å². The Kier molecular flexibility index (Phi) is 7.03. The van der Waals surface area contributed by atoms with Gasteiger partial charge in [-0.3, -0.25) is 10.1 Å². The Balaban J connectivity index is 2.90. The Labute approximate surface area is 177 Å². The fourth-order valence-electron chi connectivity index (χ4n) is 4.27. The highest BCUT2D eigenvalue weighted by Crippen LogP contribution is 2.55. The van der Waals surface area contributed by atoms with Crippen LogP contribution in [0.4, 0.5) is 8.78 Å². The molecule has 0 fully saturated rings. The number of halogens is 2. The molecule has 0 saturated heterocycles. The largest absolute Gasteiger partial charge is 0.461 e. The number of esters is 1. The molecule has 3 atom stereocenters. The summed E-state index contributed by atoms with van der Waals surface area (Å²) in [5, 5.41) is 12.5. The number of carbonyl (C=O) groups excluding carboxylic acids is 1. The van der Waals surface area contributed by atoms with E-state index in [2.05, 4.69) is 4.74 Å². The minimum Gasteiger partial charge on any atom is -0.461 e. The molecule has 0 aromatic heterocycles. The second kappa shape index (κ2) is 8.66. The highest BCUT2D eigenvalue weighted by atomic mass is 32.2. The number of nitro groups is 1. The Morgan fingerprint density at radius 3 is 2.40 bits per heavy atom. The average molecular weight is 447 g/mol. The molecule has 30 heavy (non-hydrogen) atoms. The second-order valence-corrected chi connectivity index (χ2v) is 9.67. The van der Waals surface area contributed by atoms with E-state index in [0.717, 1.165) is 4.31 Å². The Morgan fingerprint density at radius 2 is 1.90 bits per heavy atom. The van der Waals surface area contributed by atoms with Crippen molar-refractivity contribution in [1.82, 2.24) is 4.31 Å². The van der Waals surface area contributed by atoms with Gasteiger partial charge in [0.05, 0.1) is 17.6 Å². The molecule has 0 spiro atoms. The van der Waals surface area contributed by atoms with Crippen LogP contribution >= 0.6 is 0 Å². The van der Waals surface area contributed by atoms with Gasteiger partial charge < -0.3 is 4.74 Å². The molecule has 0 radical (unpaired) electrons. The molecule has 7 nitrogen and oxygen atoms in total. The van der Waals surface area contributed by atoms with Crippen LogP contribution in [0.15, 0.2) is 24.3 Å². The summed E-state index contributed by atoms with van der Waals surface area (Å²) in [4.78, 5) is 23.7. The summed E-state index contributed by atoms with van der Waals surface area (Å²) in [7, 11) is -0.411. The molecule has 168 valence electrons. The first kappa shape index (κ1) is 24.3. The number of ether oxygens (including phenoxy) is 1. The predicted octanol–water partition coefficient (Wildman–Crippen LogP) is 3.41. The van der Waals surface area contributed by atoms with Crippen molar-refractivity contribution in [1.29, 1.82) is 0 Å². The molecule has 0 N–H and O–H groups in total. The van der Waals surface area contributed by atoms with Crippen molar-refractivity contribution in [2.75, 3.05) is 19.4 Å². The van der Waals surface area contributed by atoms with Gasteiger partial charge in [0.1, 0.15) is 6.04 Å². The number of alkyl halides is 2. The van der Waals surface area contributed by atoms with E-state index in [1.54, 1.807) is 32.9 Å². The summed E-state index contributed by atoms with van der Waals surface area (Å²) in [5.41, 5.74) is -3.77. The number of hydrogen-bond donors (Lipinski definition) is 0. The highest BCUT2D eigenvalue weighted by Gasteiger charge is 2.78. The van der Waals surface area contributed by atoms with Crippen LogP contribution in [-0.4, -0.2) is 50.8 Å². The second-order valence-electron chi connectivity index (χ2n) is 8.04. The van der Waals surface area contributed by atoms with Gasteiger partial charge in [-0.15, -0.1) is 0 Å². The Morgan fingerprint density at radius 1 is 1.33 bits per heavy atom. The van der Waals surface area contributed by atoms with Crippen LogP contribution in [-0.2, 0) is 31.5 Å². The third-order valence-electron chi connectivity index (χ3n) is 5.69. The van der Waals surface area contributed by atoms with E-state index in [1.807, 2.05) is 0 Å². The molecule has 1 aliphatic rings. The van der Waals surface area contributed by atoms with Crippen molar-refractivity contribution in [3.8, 4) is 0 Å². The lowest BCUT2D eigenvalue weighted by Gasteiger charge is -2.48. The van der Waals surface area contributed by atoms with Gasteiger partial charge in [-0.2, -0.15) is 8.78 Å². The average Bonchev–Trinajstić information content (AvgIpc) is 2.67. The standard InChI is InChI=1S/C20H28F2N2O5S/c1-6-12-30(28)23(5)16-13-18(3,4)14-10-8-9-11-15(14)19(16,24(26)27)20(21,22)17(25)29-7-2/h8-11,16H,6-7,12-13H2,1-5H3/t16?,19-,30-/m1/s1. The number of benzene rings is 1. The zero-order chi connectivity index (χ0) is 22.9. The number of fused-ring (bicyclic) bond motifs is 1. The fraction of sp³-hybridized carbons (Fsp3) is 0.650. The third kappa shape index (κ3) is 3.64. The monoisotopic (exact) mass is 446 g/mol. The topological polar surface area (TPSA) is 89.8 Å². The molecule has 1 aromatic carbocycles. The third-order valence-corrected chi connectivity index (χ3v) is 7.34. The zero-order valence-corrected chi connectivity index (χ0v) is 18.6. The van der Waals surface area contributed by atoms with Crippen molar-refractivity contribution in [3.63, 3.8) is 0 Å². The van der Waals surface area contributed by atoms with Crippen LogP contribution in [0.3, 0.4) is 0 Å². The van der Waals surface area contributed by atoms with Crippen molar-refractivity contribution in [2.24, 2.45) is 0 Å². The van der Waals surface area contributed by atoms with E-state index in [1.165, 1.54) is 26.1 Å². The minimum atomic E-state index is -4.49. The number of rotatable bonds is 8. The lowest BCUT2D eigenvalue weighted by atomic mass is 9.61. The summed E-state index contributed by atoms with van der Waals surface area (Å²) in [5.74, 6) is -6.29. The maximum absolute atomic E-state index is 15.7. The van der Waals surface area contributed by atoms with E-state index in [4.69, 9.17) is 0 Å². The van der Waals surface area contributed by atoms with Gasteiger partial charge >= 0.3 is 17.4 Å². The SMILES string of the molecule is CCC[S@@](=O)N(C)C1CC(C)(C)c2ccccc2[C@]1([N+](=O)[O-])C(F)(F)C(=O)OCC. The minimum absolute atomic E-state index is 0.0913. The first-order valence-electron chi connectivity index (χ1n) is 9.80. The maximum atomic E-state index is 15.7. The fourth-order valence-corrected chi connectivity index (χ4v) is 5.42. The van der Waals surface area contributed by atoms with Gasteiger partial charge in [-0.1, -0.05) is 45.0 Å². The van der Waals surface area contributed by atoms with Crippen molar-refractivity contribution in [3.05, 3.63) is 45.5 Å². The molecule has 1 unspecified atom stereocenters. The molecular weight excluding hydrogens is 418 g/mol. The quantitative estimate of drug-likeness (QED) is 0.347. The summed E-state index contributed by atoms with van der Waals surface area (Å²) in [6, 6.07) is 4.36. The number of nitrogens with zero attached hydrogens (tertiary/aromatic N) is 2. The smallest absolute Gasteiger partial charge is 0.416 e. The molecule has 0 amide bonds. The Bertz CT molecular complexity index is 848. The number of hydrogen-bond acceptors (Lipinski definition) is 5. The first-order chi connectivity index (χ1) is 13.9. The number of likely N-dealkylation sites (N-methyl/N-ethyl adjacent to an activating group) is 1. The van der Waals surface area contributed by atoms with Gasteiger partial charge in [0.25, 0.3) is 0 Å². The summed E-state index contributed by atoms with van der Waals surface area (Å²) < 4.78 is 49.9. The van der Waals surface area contributed by atoms with Crippen molar-refractivity contribution < 1.29 is 27.4 Å². The lowest BCUT2D eigenvalue weighted by Crippen LogP contribution is -2.69. The van der Waals surface area contributed by atoms with Gasteiger partial charge in [0.2, 0.25) is 0 Å². The van der Waals surface area contributed by atoms with Crippen LogP contribution in [0.5, 0.6) is 0 Å². The molecule has 0 saturated carbocycles. The molecule has 0 aliphatic heterocycles. The van der Waals surface area contributed by atoms with Gasteiger partial charge in [0, 0.05) is 23.3 Å². The van der Waals surface area contributed by atoms with E-state index in [0.29, 0.717) is 12.0 Å². The molecule has 2 rings (SSSR count). The lowest BCUT2D eigenvalue weighted by molar-refractivity contribution is -0.615. The summed E-state index contributed by atoms with van der Waals surface area (Å²) >= 11 is 0. The number of carbonyl (C=O) groups is 1. The first-order valence-corrected chi connectivity index (χ1v) is 11.1. The van der Waals surface area contributed by atoms with Crippen molar-refractivity contribution in [2.45, 2.75) is 63.5 Å². The molecule has 0 bridgehead atoms. The van der Waals surface area contributed by atoms with Crippen LogP contribution < -0.4 is 0 Å². The van der Waals surface area contributed by atoms with Crippen LogP contribution in [0.2, 0.25) is 0 Å². The van der Waals surface area contributed by atoms with Gasteiger partial charge in [0.15, 0.2) is 0 Å². The molecule has 0 heterocycles. The van der Waals surface area contributed by atoms with Crippen LogP contribution in [0.25, 0.3) is 0 Å². The van der Waals surface area contributed by atoms with Gasteiger partial charge in [-0.25, -0.2) is 13.3 Å². The molecule has 1 aliphatic carbocycles. The maximum Gasteiger partial charge on any atom is 0.416 e. The zero-order valence-electron chi connectivity index (χ0n) is 17.8. The predicted molar refractivity (Wildman–Crippen MR) is 109 cm³/mol. The Hall–Kier alpha value is -1.94. The normalized spacial score (nSPS) is 24.2. The van der Waals surface area contributed by atoms with Crippen LogP contribution in [0.1, 0.15) is 51.7 Å². The molecular formula is C20H28F2N2O5S. The van der Waals surface area contributed by atoms with Crippen molar-refractivity contribution >= 4 is 17.0 Å². The van der Waals surface area contributed by atoms with E-state index < -0.39 is 44.8 Å². The molecule has 1 aromatic rings. The highest BCUT2D eigenvalue weighted by molar-refractivity contribution is 7.82. The van der Waals surface area contributed by atoms with E-state index in [9.17, 15) is 19.1 Å². The molecule has 10 heteroatoms. The summed E-state index contributed by atoms with van der Waals surface area (Å²) in [6.07, 6.45) is 0.412. The van der Waals surface area contributed by atoms with Gasteiger partial charge in [-0.05, 0) is 30.7 Å².